The molecular weight excluding hydrogens is 306 g/mol. The van der Waals surface area contributed by atoms with Gasteiger partial charge < -0.3 is 9.64 Å². The zero-order valence-electron chi connectivity index (χ0n) is 14.5. The number of nitrogens with one attached hydrogen (secondary N) is 2. The Hall–Kier alpha value is -2.57. The third-order valence-corrected chi connectivity index (χ3v) is 4.47. The summed E-state index contributed by atoms with van der Waals surface area (Å²) in [5.41, 5.74) is 3.91. The number of ether oxygens (including phenoxy) is 1. The molecule has 0 aliphatic carbocycles. The molecule has 7 heteroatoms. The number of aromatic amines is 1. The van der Waals surface area contributed by atoms with Crippen LogP contribution >= 0.6 is 0 Å². The van der Waals surface area contributed by atoms with Gasteiger partial charge in [0.15, 0.2) is 11.6 Å². The number of anilines is 1. The summed E-state index contributed by atoms with van der Waals surface area (Å²) in [4.78, 5) is 19.0. The molecule has 2 aromatic heterocycles. The minimum Gasteiger partial charge on any atom is -0.493 e. The standard InChI is InChI=1S/C17H23N5O2/c1-10-7-8-14(24-4)16(18-10)19-17(23)22-9-5-6-13(22)15-11(2)20-21-12(15)3/h7-8,13H,5-6,9H2,1-4H3,(H,20,21)(H,18,19,23). The Morgan fingerprint density at radius 2 is 2.17 bits per heavy atom. The van der Waals surface area contributed by atoms with E-state index >= 15 is 0 Å². The van der Waals surface area contributed by atoms with Gasteiger partial charge in [0.05, 0.1) is 18.8 Å². The van der Waals surface area contributed by atoms with Gasteiger partial charge in [-0.2, -0.15) is 5.10 Å². The predicted octanol–water partition coefficient (Wildman–Crippen LogP) is 3.11. The van der Waals surface area contributed by atoms with E-state index in [1.807, 2.05) is 37.8 Å². The predicted molar refractivity (Wildman–Crippen MR) is 91.3 cm³/mol. The molecule has 128 valence electrons. The van der Waals surface area contributed by atoms with Gasteiger partial charge in [-0.3, -0.25) is 10.4 Å². The Morgan fingerprint density at radius 1 is 1.38 bits per heavy atom. The first-order valence-electron chi connectivity index (χ1n) is 8.12. The summed E-state index contributed by atoms with van der Waals surface area (Å²) in [6.07, 6.45) is 1.91. The van der Waals surface area contributed by atoms with Gasteiger partial charge in [-0.15, -0.1) is 0 Å². The van der Waals surface area contributed by atoms with Gasteiger partial charge in [0.2, 0.25) is 0 Å². The number of likely N-dealkylation sites (tertiary alicyclic amines) is 1. The number of aromatic nitrogens is 3. The number of pyridine rings is 1. The quantitative estimate of drug-likeness (QED) is 0.906. The number of aryl methyl sites for hydroxylation is 3. The lowest BCUT2D eigenvalue weighted by Crippen LogP contribution is -2.35. The maximum Gasteiger partial charge on any atom is 0.323 e. The minimum absolute atomic E-state index is 0.0413. The molecule has 2 amide bonds. The van der Waals surface area contributed by atoms with Crippen LogP contribution in [0.5, 0.6) is 5.75 Å². The van der Waals surface area contributed by atoms with E-state index in [0.29, 0.717) is 18.1 Å². The average molecular weight is 329 g/mol. The first-order valence-corrected chi connectivity index (χ1v) is 8.12. The largest absolute Gasteiger partial charge is 0.493 e. The van der Waals surface area contributed by atoms with Crippen molar-refractivity contribution in [3.05, 3.63) is 34.8 Å². The van der Waals surface area contributed by atoms with E-state index in [1.54, 1.807) is 7.11 Å². The molecular formula is C17H23N5O2. The van der Waals surface area contributed by atoms with Gasteiger partial charge in [-0.1, -0.05) is 0 Å². The van der Waals surface area contributed by atoms with Gasteiger partial charge in [-0.25, -0.2) is 9.78 Å². The molecule has 2 N–H and O–H groups in total. The zero-order valence-corrected chi connectivity index (χ0v) is 14.5. The van der Waals surface area contributed by atoms with Crippen molar-refractivity contribution in [3.8, 4) is 5.75 Å². The molecule has 1 aliphatic heterocycles. The van der Waals surface area contributed by atoms with Crippen LogP contribution in [0.15, 0.2) is 12.1 Å². The molecule has 0 aromatic carbocycles. The number of methoxy groups -OCH3 is 1. The fraction of sp³-hybridized carbons (Fsp3) is 0.471. The molecule has 0 spiro atoms. The van der Waals surface area contributed by atoms with E-state index in [1.165, 1.54) is 0 Å². The molecule has 0 radical (unpaired) electrons. The van der Waals surface area contributed by atoms with E-state index in [2.05, 4.69) is 20.5 Å². The number of carbonyl (C=O) groups excluding carboxylic acids is 1. The molecule has 1 aliphatic rings. The highest BCUT2D eigenvalue weighted by Gasteiger charge is 2.33. The van der Waals surface area contributed by atoms with Crippen molar-refractivity contribution in [2.45, 2.75) is 39.7 Å². The lowest BCUT2D eigenvalue weighted by atomic mass is 10.0. The number of amides is 2. The maximum absolute atomic E-state index is 12.8. The second kappa shape index (κ2) is 6.51. The number of carbonyl (C=O) groups is 1. The third kappa shape index (κ3) is 2.93. The molecule has 2 aromatic rings. The first-order chi connectivity index (χ1) is 11.5. The van der Waals surface area contributed by atoms with Crippen LogP contribution in [-0.4, -0.2) is 39.8 Å². The van der Waals surface area contributed by atoms with Crippen molar-refractivity contribution < 1.29 is 9.53 Å². The summed E-state index contributed by atoms with van der Waals surface area (Å²) in [7, 11) is 1.57. The van der Waals surface area contributed by atoms with Crippen LogP contribution < -0.4 is 10.1 Å². The fourth-order valence-electron chi connectivity index (χ4n) is 3.33. The molecule has 3 heterocycles. The summed E-state index contributed by atoms with van der Waals surface area (Å²) in [5.74, 6) is 1.01. The molecule has 7 nitrogen and oxygen atoms in total. The molecule has 1 fully saturated rings. The molecule has 3 rings (SSSR count). The zero-order chi connectivity index (χ0) is 17.3. The van der Waals surface area contributed by atoms with Gasteiger partial charge in [0.25, 0.3) is 0 Å². The van der Waals surface area contributed by atoms with Crippen LogP contribution in [0.1, 0.15) is 41.5 Å². The maximum atomic E-state index is 12.8. The highest BCUT2D eigenvalue weighted by Crippen LogP contribution is 2.35. The Labute approximate surface area is 141 Å². The third-order valence-electron chi connectivity index (χ3n) is 4.47. The first kappa shape index (κ1) is 16.3. The Bertz CT molecular complexity index is 736. The Morgan fingerprint density at radius 3 is 2.83 bits per heavy atom. The second-order valence-corrected chi connectivity index (χ2v) is 6.13. The normalized spacial score (nSPS) is 17.2. The van der Waals surface area contributed by atoms with Crippen molar-refractivity contribution in [2.75, 3.05) is 19.0 Å². The minimum atomic E-state index is -0.158. The van der Waals surface area contributed by atoms with E-state index < -0.39 is 0 Å². The lowest BCUT2D eigenvalue weighted by molar-refractivity contribution is 0.206. The summed E-state index contributed by atoms with van der Waals surface area (Å²) in [6.45, 7) is 6.56. The van der Waals surface area contributed by atoms with Crippen molar-refractivity contribution in [2.24, 2.45) is 0 Å². The fourth-order valence-corrected chi connectivity index (χ4v) is 3.33. The van der Waals surface area contributed by atoms with Crippen LogP contribution in [0.2, 0.25) is 0 Å². The lowest BCUT2D eigenvalue weighted by Gasteiger charge is -2.25. The molecule has 1 saturated heterocycles. The summed E-state index contributed by atoms with van der Waals surface area (Å²) in [5, 5.41) is 10.2. The monoisotopic (exact) mass is 329 g/mol. The highest BCUT2D eigenvalue weighted by molar-refractivity contribution is 5.90. The van der Waals surface area contributed by atoms with Gasteiger partial charge in [0, 0.05) is 23.5 Å². The van der Waals surface area contributed by atoms with Crippen LogP contribution in [0.3, 0.4) is 0 Å². The number of hydrogen-bond donors (Lipinski definition) is 2. The Kier molecular flexibility index (Phi) is 4.42. The molecule has 1 unspecified atom stereocenters. The highest BCUT2D eigenvalue weighted by atomic mass is 16.5. The topological polar surface area (TPSA) is 83.1 Å². The van der Waals surface area contributed by atoms with E-state index in [-0.39, 0.29) is 12.1 Å². The second-order valence-electron chi connectivity index (χ2n) is 6.13. The van der Waals surface area contributed by atoms with Crippen molar-refractivity contribution >= 4 is 11.8 Å². The van der Waals surface area contributed by atoms with Gasteiger partial charge in [0.1, 0.15) is 0 Å². The molecule has 1 atom stereocenters. The number of H-pyrrole nitrogens is 1. The number of rotatable bonds is 3. The van der Waals surface area contributed by atoms with Crippen molar-refractivity contribution in [1.29, 1.82) is 0 Å². The summed E-state index contributed by atoms with van der Waals surface area (Å²) in [6, 6.07) is 3.54. The van der Waals surface area contributed by atoms with Crippen LogP contribution in [0.25, 0.3) is 0 Å². The molecule has 0 bridgehead atoms. The van der Waals surface area contributed by atoms with Crippen LogP contribution in [0.4, 0.5) is 10.6 Å². The number of hydrogen-bond acceptors (Lipinski definition) is 4. The average Bonchev–Trinajstić information content (AvgIpc) is 3.14. The van der Waals surface area contributed by atoms with Crippen LogP contribution in [-0.2, 0) is 0 Å². The van der Waals surface area contributed by atoms with Gasteiger partial charge in [-0.05, 0) is 45.7 Å². The van der Waals surface area contributed by atoms with Gasteiger partial charge >= 0.3 is 6.03 Å². The van der Waals surface area contributed by atoms with Crippen molar-refractivity contribution in [3.63, 3.8) is 0 Å². The number of nitrogens with zero attached hydrogens (tertiary/aromatic N) is 3. The van der Waals surface area contributed by atoms with Crippen molar-refractivity contribution in [1.82, 2.24) is 20.1 Å². The number of urea groups is 1. The van der Waals surface area contributed by atoms with Crippen LogP contribution in [0, 0.1) is 20.8 Å². The smallest absolute Gasteiger partial charge is 0.323 e. The van der Waals surface area contributed by atoms with E-state index in [0.717, 1.165) is 35.5 Å². The molecule has 0 saturated carbocycles. The Balaban J connectivity index is 1.83. The van der Waals surface area contributed by atoms with E-state index in [9.17, 15) is 4.79 Å². The van der Waals surface area contributed by atoms with E-state index in [4.69, 9.17) is 4.74 Å². The summed E-state index contributed by atoms with van der Waals surface area (Å²) >= 11 is 0. The summed E-state index contributed by atoms with van der Waals surface area (Å²) < 4.78 is 5.29. The molecule has 24 heavy (non-hydrogen) atoms. The SMILES string of the molecule is COc1ccc(C)nc1NC(=O)N1CCCC1c1c(C)n[nH]c1C.